The molecule has 3 atom stereocenters. The zero-order chi connectivity index (χ0) is 7.26. The summed E-state index contributed by atoms with van der Waals surface area (Å²) in [5.41, 5.74) is 5.13. The van der Waals surface area contributed by atoms with Crippen LogP contribution < -0.4 is 0 Å². The summed E-state index contributed by atoms with van der Waals surface area (Å²) >= 11 is 0. The Morgan fingerprint density at radius 2 is 1.82 bits per heavy atom. The number of hydrogen-bond acceptors (Lipinski definition) is 0. The van der Waals surface area contributed by atoms with Crippen LogP contribution in [0.5, 0.6) is 0 Å². The van der Waals surface area contributed by atoms with Crippen molar-refractivity contribution in [3.05, 3.63) is 17.4 Å². The van der Waals surface area contributed by atoms with Gasteiger partial charge in [0, 0.05) is 0 Å². The summed E-state index contributed by atoms with van der Waals surface area (Å²) in [5.74, 6) is 2.97. The molecule has 0 aliphatic heterocycles. The van der Waals surface area contributed by atoms with Crippen LogP contribution in [0.4, 0.5) is 0 Å². The minimum atomic E-state index is 0.902. The molecule has 4 bridgehead atoms. The Labute approximate surface area is 68.0 Å². The van der Waals surface area contributed by atoms with Crippen LogP contribution in [0, 0.1) is 17.8 Å². The molecule has 0 aromatic rings. The highest BCUT2D eigenvalue weighted by Gasteiger charge is 2.34. The molecule has 0 saturated heterocycles. The van der Waals surface area contributed by atoms with E-state index in [9.17, 15) is 0 Å². The van der Waals surface area contributed by atoms with Gasteiger partial charge in [-0.05, 0) is 61.5 Å². The fourth-order valence-corrected chi connectivity index (χ4v) is 3.22. The van der Waals surface area contributed by atoms with E-state index in [0.29, 0.717) is 0 Å². The van der Waals surface area contributed by atoms with Gasteiger partial charge in [-0.15, -0.1) is 5.73 Å². The van der Waals surface area contributed by atoms with Crippen LogP contribution in [0.1, 0.15) is 32.1 Å². The first-order valence-electron chi connectivity index (χ1n) is 4.85. The third-order valence-electron chi connectivity index (χ3n) is 3.53. The van der Waals surface area contributed by atoms with Gasteiger partial charge >= 0.3 is 0 Å². The van der Waals surface area contributed by atoms with Crippen LogP contribution in [-0.2, 0) is 0 Å². The van der Waals surface area contributed by atoms with Crippen molar-refractivity contribution in [1.82, 2.24) is 0 Å². The minimum Gasteiger partial charge on any atom is -0.126 e. The Morgan fingerprint density at radius 1 is 1.09 bits per heavy atom. The van der Waals surface area contributed by atoms with Crippen molar-refractivity contribution in [2.75, 3.05) is 0 Å². The van der Waals surface area contributed by atoms with Gasteiger partial charge in [-0.3, -0.25) is 0 Å². The van der Waals surface area contributed by atoms with Gasteiger partial charge in [-0.1, -0.05) is 0 Å². The van der Waals surface area contributed by atoms with Crippen molar-refractivity contribution in [1.29, 1.82) is 0 Å². The van der Waals surface area contributed by atoms with Crippen molar-refractivity contribution < 1.29 is 0 Å². The number of rotatable bonds is 0. The molecule has 11 heavy (non-hydrogen) atoms. The molecular weight excluding hydrogens is 132 g/mol. The Morgan fingerprint density at radius 3 is 2.55 bits per heavy atom. The Hall–Kier alpha value is -0.480. The fourth-order valence-electron chi connectivity index (χ4n) is 3.22. The molecule has 4 aliphatic rings. The molecule has 0 heterocycles. The van der Waals surface area contributed by atoms with Crippen molar-refractivity contribution in [3.8, 4) is 0 Å². The molecule has 0 amide bonds. The van der Waals surface area contributed by atoms with Gasteiger partial charge in [-0.2, -0.15) is 0 Å². The van der Waals surface area contributed by atoms with E-state index in [1.807, 2.05) is 0 Å². The van der Waals surface area contributed by atoms with Crippen LogP contribution in [0.3, 0.4) is 0 Å². The van der Waals surface area contributed by atoms with Crippen LogP contribution in [0.15, 0.2) is 17.4 Å². The summed E-state index contributed by atoms with van der Waals surface area (Å²) in [6.45, 7) is 0. The van der Waals surface area contributed by atoms with E-state index in [1.165, 1.54) is 32.1 Å². The SMILES string of the molecule is C1=CC2C[C@H]3CC=1C[C@@H](C2)C3. The van der Waals surface area contributed by atoms with Gasteiger partial charge in [0.15, 0.2) is 0 Å². The predicted octanol–water partition coefficient (Wildman–Crippen LogP) is 2.91. The lowest BCUT2D eigenvalue weighted by atomic mass is 9.68. The maximum atomic E-state index is 3.50. The number of allylic oxidation sites excluding steroid dienone is 1. The molecule has 0 nitrogen and oxygen atoms in total. The lowest BCUT2D eigenvalue weighted by Crippen LogP contribution is -2.25. The average Bonchev–Trinajstić information content (AvgIpc) is 2.18. The van der Waals surface area contributed by atoms with E-state index >= 15 is 0 Å². The molecule has 1 unspecified atom stereocenters. The van der Waals surface area contributed by atoms with Crippen LogP contribution in [-0.4, -0.2) is 0 Å². The second-order valence-corrected chi connectivity index (χ2v) is 4.52. The van der Waals surface area contributed by atoms with Crippen molar-refractivity contribution >= 4 is 0 Å². The molecule has 0 spiro atoms. The summed E-state index contributed by atoms with van der Waals surface area (Å²) in [4.78, 5) is 0. The average molecular weight is 146 g/mol. The molecule has 0 aromatic carbocycles. The zero-order valence-corrected chi connectivity index (χ0v) is 6.84. The van der Waals surface area contributed by atoms with E-state index in [-0.39, 0.29) is 0 Å². The summed E-state index contributed by atoms with van der Waals surface area (Å²) in [5, 5.41) is 0. The first kappa shape index (κ1) is 6.08. The van der Waals surface area contributed by atoms with Crippen LogP contribution in [0.2, 0.25) is 0 Å². The first-order valence-corrected chi connectivity index (χ1v) is 4.85. The molecule has 2 saturated carbocycles. The smallest absolute Gasteiger partial charge is 0.0152 e. The largest absolute Gasteiger partial charge is 0.126 e. The van der Waals surface area contributed by atoms with Gasteiger partial charge < -0.3 is 0 Å². The second-order valence-electron chi connectivity index (χ2n) is 4.52. The van der Waals surface area contributed by atoms with Gasteiger partial charge in [0.1, 0.15) is 0 Å². The van der Waals surface area contributed by atoms with E-state index in [4.69, 9.17) is 0 Å². The molecule has 4 aliphatic carbocycles. The Balaban J connectivity index is 2.05. The lowest BCUT2D eigenvalue weighted by Gasteiger charge is -2.36. The van der Waals surface area contributed by atoms with E-state index < -0.39 is 0 Å². The molecule has 2 fully saturated rings. The van der Waals surface area contributed by atoms with Crippen molar-refractivity contribution in [2.24, 2.45) is 17.8 Å². The third-order valence-corrected chi connectivity index (χ3v) is 3.53. The quantitative estimate of drug-likeness (QED) is 0.461. The number of hydrogen-bond donors (Lipinski definition) is 0. The standard InChI is InChI=1S/C11H14/c1-2-9-5-10-3-8(1)4-11(6-9)7-10/h1,8,10-11H,3-7H2/t8?,10-,11+. The van der Waals surface area contributed by atoms with Gasteiger partial charge in [0.25, 0.3) is 0 Å². The molecule has 0 heteroatoms. The highest BCUT2D eigenvalue weighted by molar-refractivity contribution is 5.14. The van der Waals surface area contributed by atoms with Gasteiger partial charge in [0.2, 0.25) is 0 Å². The van der Waals surface area contributed by atoms with E-state index in [0.717, 1.165) is 17.8 Å². The highest BCUT2D eigenvalue weighted by atomic mass is 14.4. The summed E-state index contributed by atoms with van der Waals surface area (Å²) in [6.07, 6.45) is 9.57. The van der Waals surface area contributed by atoms with E-state index in [2.05, 4.69) is 11.8 Å². The van der Waals surface area contributed by atoms with Crippen molar-refractivity contribution in [2.45, 2.75) is 32.1 Å². The molecule has 0 N–H and O–H groups in total. The van der Waals surface area contributed by atoms with Crippen molar-refractivity contribution in [3.63, 3.8) is 0 Å². The van der Waals surface area contributed by atoms with Crippen LogP contribution in [0.25, 0.3) is 0 Å². The Kier molecular flexibility index (Phi) is 1.11. The first-order chi connectivity index (χ1) is 5.40. The topological polar surface area (TPSA) is 0 Å². The lowest BCUT2D eigenvalue weighted by molar-refractivity contribution is 0.196. The summed E-state index contributed by atoms with van der Waals surface area (Å²) in [7, 11) is 0. The fraction of sp³-hybridized carbons (Fsp3) is 0.727. The van der Waals surface area contributed by atoms with E-state index in [1.54, 1.807) is 5.57 Å². The van der Waals surface area contributed by atoms with Gasteiger partial charge in [-0.25, -0.2) is 0 Å². The maximum Gasteiger partial charge on any atom is -0.0152 e. The molecule has 4 rings (SSSR count). The zero-order valence-electron chi connectivity index (χ0n) is 6.84. The van der Waals surface area contributed by atoms with Crippen LogP contribution >= 0.6 is 0 Å². The molecular formula is C11H14. The molecule has 58 valence electrons. The normalized spacial score (nSPS) is 45.8. The monoisotopic (exact) mass is 146 g/mol. The maximum absolute atomic E-state index is 3.50. The minimum absolute atomic E-state index is 0.902. The Bertz CT molecular complexity index is 227. The highest BCUT2D eigenvalue weighted by Crippen LogP contribution is 2.46. The second kappa shape index (κ2) is 2.01. The third kappa shape index (κ3) is 0.895. The molecule has 0 aromatic heterocycles. The predicted molar refractivity (Wildman–Crippen MR) is 45.2 cm³/mol. The van der Waals surface area contributed by atoms with Gasteiger partial charge in [0.05, 0.1) is 0 Å². The summed E-state index contributed by atoms with van der Waals surface area (Å²) < 4.78 is 0. The molecule has 0 radical (unpaired) electrons. The summed E-state index contributed by atoms with van der Waals surface area (Å²) in [6, 6.07) is 0.